The fourth-order valence-corrected chi connectivity index (χ4v) is 2.56. The number of nitrogens with two attached hydrogens (primary N) is 1. The molecule has 0 atom stereocenters. The van der Waals surface area contributed by atoms with Crippen LogP contribution in [0.4, 0.5) is 11.5 Å². The number of thiophene rings is 1. The number of ether oxygens (including phenoxy) is 1. The third-order valence-electron chi connectivity index (χ3n) is 2.33. The Morgan fingerprint density at radius 1 is 1.44 bits per heavy atom. The van der Waals surface area contributed by atoms with Crippen molar-refractivity contribution in [2.24, 2.45) is 0 Å². The summed E-state index contributed by atoms with van der Waals surface area (Å²) in [5, 5.41) is 3.15. The molecule has 0 radical (unpaired) electrons. The lowest BCUT2D eigenvalue weighted by Crippen LogP contribution is -2.09. The summed E-state index contributed by atoms with van der Waals surface area (Å²) < 4.78 is 5.82. The van der Waals surface area contributed by atoms with Crippen LogP contribution in [0.3, 0.4) is 0 Å². The van der Waals surface area contributed by atoms with E-state index in [-0.39, 0.29) is 0 Å². The Balaban J connectivity index is 1.94. The van der Waals surface area contributed by atoms with E-state index in [0.717, 1.165) is 17.3 Å². The van der Waals surface area contributed by atoms with Gasteiger partial charge >= 0.3 is 0 Å². The first-order chi connectivity index (χ1) is 8.70. The molecule has 0 spiro atoms. The van der Waals surface area contributed by atoms with E-state index in [0.29, 0.717) is 17.4 Å². The molecule has 0 saturated heterocycles. The van der Waals surface area contributed by atoms with Gasteiger partial charge in [-0.3, -0.25) is 0 Å². The predicted molar refractivity (Wildman–Crippen MR) is 74.5 cm³/mol. The molecule has 0 aliphatic heterocycles. The number of aromatic nitrogens is 2. The molecule has 0 aliphatic rings. The molecule has 0 amide bonds. The Labute approximate surface area is 114 Å². The molecular weight excluding hydrogens is 272 g/mol. The summed E-state index contributed by atoms with van der Waals surface area (Å²) in [5.74, 6) is 0.969. The Bertz CT molecular complexity index is 532. The van der Waals surface area contributed by atoms with Gasteiger partial charge in [0.2, 0.25) is 5.88 Å². The number of nitrogens with zero attached hydrogens (tertiary/aromatic N) is 2. The molecule has 2 aromatic heterocycles. The van der Waals surface area contributed by atoms with E-state index in [1.54, 1.807) is 11.3 Å². The summed E-state index contributed by atoms with van der Waals surface area (Å²) >= 11 is 7.43. The molecule has 0 unspecified atom stereocenters. The van der Waals surface area contributed by atoms with Gasteiger partial charge in [-0.2, -0.15) is 4.98 Å². The largest absolute Gasteiger partial charge is 0.479 e. The van der Waals surface area contributed by atoms with E-state index in [4.69, 9.17) is 22.1 Å². The molecule has 2 aromatic rings. The van der Waals surface area contributed by atoms with Gasteiger partial charge in [0, 0.05) is 11.4 Å². The fourth-order valence-electron chi connectivity index (χ4n) is 1.47. The van der Waals surface area contributed by atoms with Crippen LogP contribution >= 0.6 is 22.9 Å². The van der Waals surface area contributed by atoms with E-state index in [9.17, 15) is 0 Å². The zero-order chi connectivity index (χ0) is 13.0. The third-order valence-corrected chi connectivity index (χ3v) is 3.62. The molecule has 7 heteroatoms. The molecule has 0 fully saturated rings. The minimum Gasteiger partial charge on any atom is -0.479 e. The second-order valence-electron chi connectivity index (χ2n) is 3.53. The van der Waals surface area contributed by atoms with Crippen molar-refractivity contribution < 1.29 is 4.74 Å². The minimum absolute atomic E-state index is 0.381. The normalized spacial score (nSPS) is 10.3. The van der Waals surface area contributed by atoms with Crippen molar-refractivity contribution in [2.75, 3.05) is 24.7 Å². The standard InChI is InChI=1S/C11H13ClN4OS/c1-17-11-9(13)10(15-6-16-11)14-5-4-7-2-3-8(12)18-7/h2-3,6H,4-5,13H2,1H3,(H,14,15,16). The highest BCUT2D eigenvalue weighted by Crippen LogP contribution is 2.25. The van der Waals surface area contributed by atoms with Gasteiger partial charge in [0.05, 0.1) is 11.4 Å². The quantitative estimate of drug-likeness (QED) is 0.882. The summed E-state index contributed by atoms with van der Waals surface area (Å²) in [6.45, 7) is 0.723. The predicted octanol–water partition coefficient (Wildman–Crippen LogP) is 2.44. The number of halogens is 1. The monoisotopic (exact) mass is 284 g/mol. The highest BCUT2D eigenvalue weighted by Gasteiger charge is 2.07. The lowest BCUT2D eigenvalue weighted by atomic mass is 10.3. The number of methoxy groups -OCH3 is 1. The average molecular weight is 285 g/mol. The third kappa shape index (κ3) is 3.02. The fraction of sp³-hybridized carbons (Fsp3) is 0.273. The van der Waals surface area contributed by atoms with Crippen LogP contribution < -0.4 is 15.8 Å². The van der Waals surface area contributed by atoms with Gasteiger partial charge < -0.3 is 15.8 Å². The molecule has 0 aliphatic carbocycles. The number of anilines is 2. The lowest BCUT2D eigenvalue weighted by Gasteiger charge is -2.09. The van der Waals surface area contributed by atoms with Gasteiger partial charge in [-0.15, -0.1) is 11.3 Å². The maximum Gasteiger partial charge on any atom is 0.242 e. The second-order valence-corrected chi connectivity index (χ2v) is 5.33. The van der Waals surface area contributed by atoms with Crippen molar-refractivity contribution in [2.45, 2.75) is 6.42 Å². The smallest absolute Gasteiger partial charge is 0.242 e. The van der Waals surface area contributed by atoms with Crippen LogP contribution in [0.2, 0.25) is 4.34 Å². The SMILES string of the molecule is COc1ncnc(NCCc2ccc(Cl)s2)c1N. The van der Waals surface area contributed by atoms with Crippen molar-refractivity contribution in [1.82, 2.24) is 9.97 Å². The number of hydrogen-bond donors (Lipinski definition) is 2. The zero-order valence-corrected chi connectivity index (χ0v) is 11.4. The molecule has 0 bridgehead atoms. The molecule has 2 rings (SSSR count). The number of hydrogen-bond acceptors (Lipinski definition) is 6. The first kappa shape index (κ1) is 12.9. The van der Waals surface area contributed by atoms with Crippen molar-refractivity contribution in [1.29, 1.82) is 0 Å². The van der Waals surface area contributed by atoms with Crippen LogP contribution in [0.25, 0.3) is 0 Å². The van der Waals surface area contributed by atoms with Crippen molar-refractivity contribution >= 4 is 34.4 Å². The van der Waals surface area contributed by atoms with Gasteiger partial charge in [-0.1, -0.05) is 11.6 Å². The Morgan fingerprint density at radius 3 is 2.94 bits per heavy atom. The number of nitrogen functional groups attached to an aromatic ring is 1. The Kier molecular flexibility index (Phi) is 4.22. The molecule has 5 nitrogen and oxygen atoms in total. The van der Waals surface area contributed by atoms with Crippen LogP contribution in [0.1, 0.15) is 4.88 Å². The van der Waals surface area contributed by atoms with Gasteiger partial charge in [0.25, 0.3) is 0 Å². The summed E-state index contributed by atoms with van der Waals surface area (Å²) in [4.78, 5) is 9.20. The van der Waals surface area contributed by atoms with Crippen LogP contribution in [0.15, 0.2) is 18.5 Å². The van der Waals surface area contributed by atoms with Crippen molar-refractivity contribution in [3.8, 4) is 5.88 Å². The van der Waals surface area contributed by atoms with Gasteiger partial charge in [0.15, 0.2) is 5.82 Å². The first-order valence-electron chi connectivity index (χ1n) is 5.33. The maximum atomic E-state index is 5.86. The van der Waals surface area contributed by atoms with Crippen LogP contribution in [0.5, 0.6) is 5.88 Å². The van der Waals surface area contributed by atoms with Crippen LogP contribution in [0, 0.1) is 0 Å². The summed E-state index contributed by atoms with van der Waals surface area (Å²) in [6.07, 6.45) is 2.28. The highest BCUT2D eigenvalue weighted by molar-refractivity contribution is 7.16. The van der Waals surface area contributed by atoms with Crippen LogP contribution in [-0.4, -0.2) is 23.6 Å². The van der Waals surface area contributed by atoms with Crippen molar-refractivity contribution in [3.63, 3.8) is 0 Å². The van der Waals surface area contributed by atoms with Gasteiger partial charge in [-0.05, 0) is 18.6 Å². The topological polar surface area (TPSA) is 73.1 Å². The molecule has 3 N–H and O–H groups in total. The van der Waals surface area contributed by atoms with E-state index in [2.05, 4.69) is 15.3 Å². The molecule has 2 heterocycles. The Morgan fingerprint density at radius 2 is 2.28 bits per heavy atom. The van der Waals surface area contributed by atoms with E-state index in [1.807, 2.05) is 12.1 Å². The number of nitrogens with one attached hydrogen (secondary N) is 1. The lowest BCUT2D eigenvalue weighted by molar-refractivity contribution is 0.399. The second kappa shape index (κ2) is 5.88. The molecule has 0 aromatic carbocycles. The van der Waals surface area contributed by atoms with Gasteiger partial charge in [0.1, 0.15) is 12.0 Å². The highest BCUT2D eigenvalue weighted by atomic mass is 35.5. The molecule has 18 heavy (non-hydrogen) atoms. The molecular formula is C11H13ClN4OS. The Hall–Kier alpha value is -1.53. The molecule has 0 saturated carbocycles. The summed E-state index contributed by atoms with van der Waals surface area (Å²) in [6, 6.07) is 3.90. The maximum absolute atomic E-state index is 5.86. The summed E-state index contributed by atoms with van der Waals surface area (Å²) in [7, 11) is 1.52. The summed E-state index contributed by atoms with van der Waals surface area (Å²) in [5.41, 5.74) is 6.27. The zero-order valence-electron chi connectivity index (χ0n) is 9.81. The number of rotatable bonds is 5. The minimum atomic E-state index is 0.381. The molecule has 96 valence electrons. The van der Waals surface area contributed by atoms with E-state index in [1.165, 1.54) is 18.3 Å². The van der Waals surface area contributed by atoms with E-state index >= 15 is 0 Å². The van der Waals surface area contributed by atoms with Crippen LogP contribution in [-0.2, 0) is 6.42 Å². The average Bonchev–Trinajstić information content (AvgIpc) is 2.77. The first-order valence-corrected chi connectivity index (χ1v) is 6.52. The van der Waals surface area contributed by atoms with Gasteiger partial charge in [-0.25, -0.2) is 4.98 Å². The van der Waals surface area contributed by atoms with E-state index < -0.39 is 0 Å². The van der Waals surface area contributed by atoms with Crippen molar-refractivity contribution in [3.05, 3.63) is 27.7 Å².